The lowest BCUT2D eigenvalue weighted by Crippen LogP contribution is -2.31. The Hall–Kier alpha value is -1.17. The Morgan fingerprint density at radius 2 is 2.56 bits per heavy atom. The van der Waals surface area contributed by atoms with Crippen LogP contribution in [0.15, 0.2) is 4.99 Å². The van der Waals surface area contributed by atoms with Gasteiger partial charge >= 0.3 is 0 Å². The van der Waals surface area contributed by atoms with Crippen LogP contribution in [0.3, 0.4) is 0 Å². The molecule has 0 aromatic rings. The summed E-state index contributed by atoms with van der Waals surface area (Å²) in [7, 11) is 0. The second-order valence-corrected chi connectivity index (χ2v) is 1.44. The lowest BCUT2D eigenvalue weighted by Gasteiger charge is -1.97. The zero-order valence-corrected chi connectivity index (χ0v) is 5.52. The molecule has 3 nitrogen and oxygen atoms in total. The summed E-state index contributed by atoms with van der Waals surface area (Å²) < 4.78 is 0. The summed E-state index contributed by atoms with van der Waals surface area (Å²) in [5.74, 6) is 2.76. The number of terminal acetylenes is 1. The van der Waals surface area contributed by atoms with Gasteiger partial charge in [-0.15, -0.1) is 6.42 Å². The monoisotopic (exact) mass is 125 g/mol. The molecule has 0 aliphatic heterocycles. The molecular weight excluding hydrogens is 114 g/mol. The van der Waals surface area contributed by atoms with Gasteiger partial charge in [0.15, 0.2) is 5.96 Å². The molecule has 0 saturated carbocycles. The van der Waals surface area contributed by atoms with Crippen molar-refractivity contribution in [1.29, 1.82) is 0 Å². The standard InChI is InChI=1S/C6H11N3/c1-3-5-9-6(7)8-4-2/h1H,4-5H2,2H3,(H3,7,8,9). The Morgan fingerprint density at radius 3 is 3.00 bits per heavy atom. The highest BCUT2D eigenvalue weighted by Gasteiger charge is 1.81. The molecule has 0 aromatic carbocycles. The number of hydrogen-bond acceptors (Lipinski definition) is 1. The summed E-state index contributed by atoms with van der Waals surface area (Å²) in [6.45, 7) is 3.07. The van der Waals surface area contributed by atoms with E-state index >= 15 is 0 Å². The summed E-state index contributed by atoms with van der Waals surface area (Å²) >= 11 is 0. The lowest BCUT2D eigenvalue weighted by molar-refractivity contribution is 0.944. The van der Waals surface area contributed by atoms with Gasteiger partial charge in [-0.25, -0.2) is 4.99 Å². The number of aliphatic imine (C=N–C) groups is 1. The molecule has 0 rings (SSSR count). The average Bonchev–Trinajstić information content (AvgIpc) is 1.85. The molecule has 0 aliphatic carbocycles. The minimum Gasteiger partial charge on any atom is -0.370 e. The van der Waals surface area contributed by atoms with Gasteiger partial charge in [-0.3, -0.25) is 0 Å². The summed E-state index contributed by atoms with van der Waals surface area (Å²) in [6, 6.07) is 0. The number of hydrogen-bond donors (Lipinski definition) is 2. The lowest BCUT2D eigenvalue weighted by atomic mass is 10.7. The fourth-order valence-electron chi connectivity index (χ4n) is 0.368. The Balaban J connectivity index is 3.45. The van der Waals surface area contributed by atoms with Gasteiger partial charge in [0, 0.05) is 6.54 Å². The van der Waals surface area contributed by atoms with Crippen molar-refractivity contribution >= 4 is 5.96 Å². The fraction of sp³-hybridized carbons (Fsp3) is 0.500. The number of nitrogens with zero attached hydrogens (tertiary/aromatic N) is 1. The highest BCUT2D eigenvalue weighted by molar-refractivity contribution is 5.77. The van der Waals surface area contributed by atoms with E-state index in [-0.39, 0.29) is 0 Å². The van der Waals surface area contributed by atoms with Crippen LogP contribution in [-0.4, -0.2) is 19.0 Å². The van der Waals surface area contributed by atoms with E-state index in [1.54, 1.807) is 0 Å². The molecule has 3 heteroatoms. The fourth-order valence-corrected chi connectivity index (χ4v) is 0.368. The van der Waals surface area contributed by atoms with Crippen LogP contribution in [-0.2, 0) is 0 Å². The number of rotatable bonds is 2. The van der Waals surface area contributed by atoms with Gasteiger partial charge < -0.3 is 11.1 Å². The van der Waals surface area contributed by atoms with Crippen LogP contribution >= 0.6 is 0 Å². The second kappa shape index (κ2) is 4.98. The molecule has 3 N–H and O–H groups in total. The van der Waals surface area contributed by atoms with Crippen molar-refractivity contribution in [3.63, 3.8) is 0 Å². The van der Waals surface area contributed by atoms with Crippen molar-refractivity contribution in [2.24, 2.45) is 10.7 Å². The van der Waals surface area contributed by atoms with Crippen LogP contribution < -0.4 is 11.1 Å². The van der Waals surface area contributed by atoms with Crippen LogP contribution in [0.4, 0.5) is 0 Å². The van der Waals surface area contributed by atoms with Crippen LogP contribution in [0.2, 0.25) is 0 Å². The number of nitrogens with two attached hydrogens (primary N) is 1. The van der Waals surface area contributed by atoms with Crippen molar-refractivity contribution in [1.82, 2.24) is 5.32 Å². The predicted octanol–water partition coefficient (Wildman–Crippen LogP) is -0.456. The summed E-state index contributed by atoms with van der Waals surface area (Å²) in [5, 5.41) is 2.81. The normalized spacial score (nSPS) is 10.4. The van der Waals surface area contributed by atoms with Crippen molar-refractivity contribution in [2.75, 3.05) is 13.1 Å². The molecule has 0 fully saturated rings. The quantitative estimate of drug-likeness (QED) is 0.298. The molecule has 0 unspecified atom stereocenters. The van der Waals surface area contributed by atoms with E-state index in [9.17, 15) is 0 Å². The van der Waals surface area contributed by atoms with E-state index < -0.39 is 0 Å². The molecule has 9 heavy (non-hydrogen) atoms. The third-order valence-electron chi connectivity index (χ3n) is 0.699. The van der Waals surface area contributed by atoms with Crippen molar-refractivity contribution < 1.29 is 0 Å². The highest BCUT2D eigenvalue weighted by atomic mass is 15.1. The first-order valence-electron chi connectivity index (χ1n) is 2.78. The van der Waals surface area contributed by atoms with Crippen LogP contribution in [0.25, 0.3) is 0 Å². The Morgan fingerprint density at radius 1 is 1.89 bits per heavy atom. The number of guanidine groups is 1. The van der Waals surface area contributed by atoms with Gasteiger partial charge in [0.1, 0.15) is 6.54 Å². The first-order chi connectivity index (χ1) is 4.31. The maximum absolute atomic E-state index is 5.31. The molecule has 50 valence electrons. The largest absolute Gasteiger partial charge is 0.370 e. The van der Waals surface area contributed by atoms with Gasteiger partial charge in [0.25, 0.3) is 0 Å². The van der Waals surface area contributed by atoms with Crippen LogP contribution in [0.5, 0.6) is 0 Å². The van der Waals surface area contributed by atoms with E-state index in [2.05, 4.69) is 16.2 Å². The van der Waals surface area contributed by atoms with E-state index in [0.29, 0.717) is 12.5 Å². The molecule has 0 aliphatic rings. The molecule has 0 amide bonds. The van der Waals surface area contributed by atoms with E-state index in [1.165, 1.54) is 0 Å². The van der Waals surface area contributed by atoms with Crippen molar-refractivity contribution in [2.45, 2.75) is 6.92 Å². The molecule has 0 saturated heterocycles. The van der Waals surface area contributed by atoms with Gasteiger partial charge in [0.05, 0.1) is 0 Å². The summed E-state index contributed by atoms with van der Waals surface area (Å²) in [5.41, 5.74) is 5.31. The molecular formula is C6H11N3. The summed E-state index contributed by atoms with van der Waals surface area (Å²) in [6.07, 6.45) is 4.93. The first kappa shape index (κ1) is 7.83. The molecule has 0 radical (unpaired) electrons. The SMILES string of the molecule is C#CCN=C(N)NCC. The van der Waals surface area contributed by atoms with Gasteiger partial charge in [-0.1, -0.05) is 5.92 Å². The minimum atomic E-state index is 0.346. The highest BCUT2D eigenvalue weighted by Crippen LogP contribution is 1.64. The van der Waals surface area contributed by atoms with Crippen molar-refractivity contribution in [3.05, 3.63) is 0 Å². The summed E-state index contributed by atoms with van der Waals surface area (Å²) in [4.78, 5) is 3.78. The Bertz CT molecular complexity index is 132. The third-order valence-corrected chi connectivity index (χ3v) is 0.699. The van der Waals surface area contributed by atoms with Crippen LogP contribution in [0.1, 0.15) is 6.92 Å². The van der Waals surface area contributed by atoms with E-state index in [1.807, 2.05) is 6.92 Å². The van der Waals surface area contributed by atoms with Gasteiger partial charge in [-0.2, -0.15) is 0 Å². The van der Waals surface area contributed by atoms with E-state index in [4.69, 9.17) is 12.2 Å². The first-order valence-corrected chi connectivity index (χ1v) is 2.78. The topological polar surface area (TPSA) is 50.4 Å². The predicted molar refractivity (Wildman–Crippen MR) is 39.0 cm³/mol. The molecule has 0 aromatic heterocycles. The molecule has 0 spiro atoms. The maximum Gasteiger partial charge on any atom is 0.189 e. The van der Waals surface area contributed by atoms with Gasteiger partial charge in [-0.05, 0) is 6.92 Å². The zero-order valence-electron chi connectivity index (χ0n) is 5.52. The Kier molecular flexibility index (Phi) is 4.33. The molecule has 0 atom stereocenters. The second-order valence-electron chi connectivity index (χ2n) is 1.44. The Labute approximate surface area is 55.3 Å². The van der Waals surface area contributed by atoms with E-state index in [0.717, 1.165) is 6.54 Å². The molecule has 0 heterocycles. The smallest absolute Gasteiger partial charge is 0.189 e. The third kappa shape index (κ3) is 4.69. The average molecular weight is 125 g/mol. The zero-order chi connectivity index (χ0) is 7.11. The minimum absolute atomic E-state index is 0.346. The maximum atomic E-state index is 5.31. The van der Waals surface area contributed by atoms with Crippen LogP contribution in [0, 0.1) is 12.3 Å². The van der Waals surface area contributed by atoms with Gasteiger partial charge in [0.2, 0.25) is 0 Å². The van der Waals surface area contributed by atoms with Crippen molar-refractivity contribution in [3.8, 4) is 12.3 Å². The number of nitrogens with one attached hydrogen (secondary N) is 1. The molecule has 0 bridgehead atoms.